The van der Waals surface area contributed by atoms with Crippen LogP contribution in [0.3, 0.4) is 0 Å². The zero-order valence-corrected chi connectivity index (χ0v) is 62.2. The van der Waals surface area contributed by atoms with Crippen molar-refractivity contribution in [2.75, 3.05) is 13.2 Å². The number of hydrogen-bond donors (Lipinski definition) is 0. The molecule has 0 aromatic heterocycles. The summed E-state index contributed by atoms with van der Waals surface area (Å²) in [7, 11) is 14.8. The second kappa shape index (κ2) is 50.0. The van der Waals surface area contributed by atoms with Gasteiger partial charge in [-0.1, -0.05) is 385 Å². The van der Waals surface area contributed by atoms with Crippen molar-refractivity contribution < 1.29 is 20.9 Å². The molecule has 1 fully saturated rings. The Morgan fingerprint density at radius 1 is 0.351 bits per heavy atom. The van der Waals surface area contributed by atoms with Crippen molar-refractivity contribution in [2.45, 2.75) is 290 Å². The molecular formula is C85H120Cl3CrN3O2. The van der Waals surface area contributed by atoms with Crippen LogP contribution in [0.2, 0.25) is 0 Å². The molecule has 1 saturated heterocycles. The molecule has 0 saturated carbocycles. The van der Waals surface area contributed by atoms with E-state index in [0.29, 0.717) is 13.2 Å². The minimum atomic E-state index is -1.62. The molecule has 0 bridgehead atoms. The van der Waals surface area contributed by atoms with E-state index < -0.39 is 11.4 Å². The fourth-order valence-electron chi connectivity index (χ4n) is 13.4. The van der Waals surface area contributed by atoms with E-state index in [-0.39, 0.29) is 12.1 Å². The topological polar surface area (TPSA) is 57.3 Å². The summed E-state index contributed by atoms with van der Waals surface area (Å²) in [6, 6.07) is 51.9. The molecule has 1 heterocycles. The first-order chi connectivity index (χ1) is 46.2. The Balaban J connectivity index is 0.00000340. The molecule has 0 N–H and O–H groups in total. The molecule has 0 amide bonds. The molecule has 2 unspecified atom stereocenters. The van der Waals surface area contributed by atoms with Crippen molar-refractivity contribution >= 4 is 52.9 Å². The molecule has 0 spiro atoms. The van der Waals surface area contributed by atoms with Crippen molar-refractivity contribution in [3.63, 3.8) is 0 Å². The molecule has 6 aromatic carbocycles. The molecule has 7 rings (SSSR count). The molecule has 1 aliphatic heterocycles. The van der Waals surface area contributed by atoms with E-state index >= 15 is 0 Å². The molecule has 1 aliphatic rings. The van der Waals surface area contributed by atoms with Crippen LogP contribution in [0.4, 0.5) is 11.4 Å². The number of ether oxygens (including phenoxy) is 2. The zero-order chi connectivity index (χ0) is 66.3. The SMILES string of the molecule is CCCCCCCCCCCCCCCCCCCCOc1c(-c2ccccc2)cc(N=C(C)C2CCCC(C(C)=Nc3cc(-c4ccccc4)c(OCCCCCCCCCCCCCCCCCCCC)c(-c4ccccc4)c3)[N-]2)cc1-c1ccccc1.[Cl][Cr+]([Cl])[Cl]. The normalized spacial score (nSPS) is 14.3. The molecule has 0 radical (unpaired) electrons. The van der Waals surface area contributed by atoms with Gasteiger partial charge in [0, 0.05) is 22.3 Å². The van der Waals surface area contributed by atoms with Gasteiger partial charge in [0.2, 0.25) is 0 Å². The number of piperidine rings is 1. The van der Waals surface area contributed by atoms with E-state index in [1.165, 1.54) is 218 Å². The Bertz CT molecular complexity index is 2620. The standard InChI is InChI=1S/C85H120N3O2.3ClH.Cr/c1-5-7-9-11-13-15-17-19-21-23-25-27-29-31-33-35-37-51-64-89-84-78(72-54-43-39-44-55-72)66-76(67-79(84)73-56-45-40-46-57-73)86-70(3)82-62-53-63-83(88-82)71(4)87-77-68-80(74-58-47-41-48-59-74)85(81(69-77)75-60-49-42-50-61-75)90-65-52-38-36-34-32-30-28-26-24-22-20-18-16-14-12-10-8-6-2;;;;/h39-50,54-61,66-69,82-83H,5-38,51-53,62-65H2,1-4H3;3*1H;/q-1;;;;+4/p-3. The summed E-state index contributed by atoms with van der Waals surface area (Å²) in [5, 5.41) is 5.55. The van der Waals surface area contributed by atoms with Crippen molar-refractivity contribution in [3.05, 3.63) is 151 Å². The molecule has 94 heavy (non-hydrogen) atoms. The maximum atomic E-state index is 6.92. The average Bonchev–Trinajstić information content (AvgIpc) is 0.810. The summed E-state index contributed by atoms with van der Waals surface area (Å²) in [6.45, 7) is 10.4. The summed E-state index contributed by atoms with van der Waals surface area (Å²) in [5.41, 5.74) is 12.8. The minimum absolute atomic E-state index is 0.00976. The number of aliphatic imine (C=N–C) groups is 2. The number of benzene rings is 6. The van der Waals surface area contributed by atoms with Crippen LogP contribution in [-0.4, -0.2) is 36.7 Å². The second-order valence-electron chi connectivity index (χ2n) is 26.7. The number of nitrogens with zero attached hydrogens (tertiary/aromatic N) is 3. The average molecular weight is 1370 g/mol. The Morgan fingerprint density at radius 3 is 0.787 bits per heavy atom. The Kier molecular flexibility index (Phi) is 41.8. The van der Waals surface area contributed by atoms with Gasteiger partial charge in [-0.3, -0.25) is 9.98 Å². The van der Waals surface area contributed by atoms with Gasteiger partial charge in [-0.05, 0) is 84.6 Å². The monoisotopic (exact) mass is 1370 g/mol. The molecule has 514 valence electrons. The van der Waals surface area contributed by atoms with E-state index in [4.69, 9.17) is 54.9 Å². The van der Waals surface area contributed by atoms with Crippen LogP contribution >= 0.6 is 30.1 Å². The van der Waals surface area contributed by atoms with Gasteiger partial charge in [-0.25, -0.2) is 0 Å². The van der Waals surface area contributed by atoms with Crippen molar-refractivity contribution in [1.82, 2.24) is 0 Å². The molecule has 5 nitrogen and oxygen atoms in total. The zero-order valence-electron chi connectivity index (χ0n) is 58.7. The molecule has 6 aromatic rings. The Hall–Kier alpha value is -4.38. The van der Waals surface area contributed by atoms with Crippen LogP contribution in [0.15, 0.2) is 156 Å². The first-order valence-electron chi connectivity index (χ1n) is 37.6. The van der Waals surface area contributed by atoms with Crippen LogP contribution in [0.25, 0.3) is 49.8 Å². The summed E-state index contributed by atoms with van der Waals surface area (Å²) < 4.78 is 13.8. The van der Waals surface area contributed by atoms with Crippen molar-refractivity contribution in [1.29, 1.82) is 0 Å². The maximum absolute atomic E-state index is 6.92. The van der Waals surface area contributed by atoms with Crippen molar-refractivity contribution in [2.24, 2.45) is 9.98 Å². The van der Waals surface area contributed by atoms with E-state index in [1.807, 2.05) is 0 Å². The number of unbranched alkanes of at least 4 members (excludes halogenated alkanes) is 34. The number of halogens is 3. The molecule has 9 heteroatoms. The van der Waals surface area contributed by atoms with Gasteiger partial charge in [0.25, 0.3) is 0 Å². The first kappa shape index (κ1) is 78.6. The van der Waals surface area contributed by atoms with Gasteiger partial charge in [0.15, 0.2) is 0 Å². The second-order valence-corrected chi connectivity index (χ2v) is 33.0. The Labute approximate surface area is 589 Å². The van der Waals surface area contributed by atoms with E-state index in [2.05, 4.69) is 173 Å². The van der Waals surface area contributed by atoms with E-state index in [9.17, 15) is 0 Å². The summed E-state index contributed by atoms with van der Waals surface area (Å²) in [5.74, 6) is 1.88. The third kappa shape index (κ3) is 31.9. The summed E-state index contributed by atoms with van der Waals surface area (Å²) >= 11 is -1.62. The molecule has 0 aliphatic carbocycles. The fraction of sp³-hybridized carbons (Fsp3) is 0.553. The third-order valence-electron chi connectivity index (χ3n) is 18.9. The van der Waals surface area contributed by atoms with Gasteiger partial charge in [0.1, 0.15) is 11.5 Å². The summed E-state index contributed by atoms with van der Waals surface area (Å²) in [4.78, 5) is 10.9. The number of rotatable bonds is 48. The van der Waals surface area contributed by atoms with E-state index in [0.717, 1.165) is 111 Å². The predicted molar refractivity (Wildman–Crippen MR) is 411 cm³/mol. The third-order valence-corrected chi connectivity index (χ3v) is 18.9. The number of hydrogen-bond acceptors (Lipinski definition) is 4. The predicted octanol–water partition coefficient (Wildman–Crippen LogP) is 29.4. The Morgan fingerprint density at radius 2 is 0.564 bits per heavy atom. The van der Waals surface area contributed by atoms with Gasteiger partial charge in [-0.15, -0.1) is 0 Å². The van der Waals surface area contributed by atoms with Crippen molar-refractivity contribution in [3.8, 4) is 56.0 Å². The molecular weight excluding hydrogens is 1250 g/mol. The van der Waals surface area contributed by atoms with Gasteiger partial charge in [-0.2, -0.15) is 0 Å². The van der Waals surface area contributed by atoms with Crippen LogP contribution < -0.4 is 9.47 Å². The van der Waals surface area contributed by atoms with Crippen LogP contribution in [0.1, 0.15) is 278 Å². The first-order valence-corrected chi connectivity index (χ1v) is 42.9. The van der Waals surface area contributed by atoms with Crippen LogP contribution in [0.5, 0.6) is 11.5 Å². The fourth-order valence-corrected chi connectivity index (χ4v) is 13.4. The van der Waals surface area contributed by atoms with E-state index in [1.54, 1.807) is 0 Å². The van der Waals surface area contributed by atoms with Gasteiger partial charge < -0.3 is 14.8 Å². The van der Waals surface area contributed by atoms with Crippen LogP contribution in [0, 0.1) is 0 Å². The summed E-state index contributed by atoms with van der Waals surface area (Å²) in [6.07, 6.45) is 52.2. The van der Waals surface area contributed by atoms with Gasteiger partial charge >= 0.3 is 41.5 Å². The quantitative estimate of drug-likeness (QED) is 0.0282. The van der Waals surface area contributed by atoms with Gasteiger partial charge in [0.05, 0.1) is 24.6 Å². The molecule has 2 atom stereocenters. The van der Waals surface area contributed by atoms with Crippen LogP contribution in [-0.2, 0) is 11.4 Å².